The van der Waals surface area contributed by atoms with Gasteiger partial charge in [0.15, 0.2) is 7.28 Å². The van der Waals surface area contributed by atoms with Crippen molar-refractivity contribution in [2.24, 2.45) is 0 Å². The first-order valence-electron chi connectivity index (χ1n) is 19.7. The number of rotatable bonds is 3. The van der Waals surface area contributed by atoms with E-state index in [0.717, 1.165) is 33.3 Å². The first-order chi connectivity index (χ1) is 26.9. The SMILES string of the molecule is Cc1cc(-c2cc(C(C)(C)C)ccc2Nc2ccc(C(C)(C)C)cc2)c2c3c1c1cc4c(cc1n3-c1cc3c(cc1[B]2)sc1ccccc13)oc1ccccc14. The van der Waals surface area contributed by atoms with E-state index in [-0.39, 0.29) is 10.8 Å². The molecule has 1 radical (unpaired) electrons. The van der Waals surface area contributed by atoms with Crippen LogP contribution in [-0.4, -0.2) is 11.8 Å². The number of furan rings is 1. The summed E-state index contributed by atoms with van der Waals surface area (Å²) in [4.78, 5) is 0. The van der Waals surface area contributed by atoms with Crippen LogP contribution < -0.4 is 16.2 Å². The highest BCUT2D eigenvalue weighted by Crippen LogP contribution is 2.44. The van der Waals surface area contributed by atoms with E-state index in [1.54, 1.807) is 0 Å². The molecule has 1 N–H and O–H groups in total. The summed E-state index contributed by atoms with van der Waals surface area (Å²) in [6.45, 7) is 16.0. The Hall–Kier alpha value is -5.78. The summed E-state index contributed by atoms with van der Waals surface area (Å²) in [6.07, 6.45) is 0. The molecule has 11 rings (SSSR count). The minimum Gasteiger partial charge on any atom is -0.456 e. The molecular weight excluding hydrogens is 699 g/mol. The van der Waals surface area contributed by atoms with Crippen molar-refractivity contribution in [2.75, 3.05) is 5.32 Å². The molecule has 5 heteroatoms. The number of nitrogens with zero attached hydrogens (tertiary/aromatic N) is 1. The highest BCUT2D eigenvalue weighted by Gasteiger charge is 2.30. The number of thiophene rings is 1. The second-order valence-corrected chi connectivity index (χ2v) is 18.9. The Morgan fingerprint density at radius 2 is 1.34 bits per heavy atom. The van der Waals surface area contributed by atoms with Crippen LogP contribution in [0.2, 0.25) is 0 Å². The van der Waals surface area contributed by atoms with Crippen LogP contribution in [0.25, 0.3) is 80.7 Å². The van der Waals surface area contributed by atoms with E-state index in [1.807, 2.05) is 11.3 Å². The maximum atomic E-state index is 6.55. The third kappa shape index (κ3) is 4.96. The van der Waals surface area contributed by atoms with Crippen molar-refractivity contribution in [3.63, 3.8) is 0 Å². The fourth-order valence-corrected chi connectivity index (χ4v) is 10.2. The zero-order valence-corrected chi connectivity index (χ0v) is 33.7. The average Bonchev–Trinajstić information content (AvgIpc) is 3.83. The molecule has 1 aliphatic rings. The van der Waals surface area contributed by atoms with Crippen molar-refractivity contribution in [3.05, 3.63) is 138 Å². The number of nitrogens with one attached hydrogen (secondary N) is 1. The van der Waals surface area contributed by atoms with Crippen molar-refractivity contribution in [2.45, 2.75) is 59.3 Å². The second-order valence-electron chi connectivity index (χ2n) is 17.8. The lowest BCUT2D eigenvalue weighted by atomic mass is 9.58. The van der Waals surface area contributed by atoms with E-state index in [2.05, 4.69) is 187 Å². The lowest BCUT2D eigenvalue weighted by molar-refractivity contribution is 0.590. The third-order valence-corrected chi connectivity index (χ3v) is 13.2. The molecule has 0 saturated carbocycles. The van der Waals surface area contributed by atoms with Crippen LogP contribution >= 0.6 is 11.3 Å². The predicted molar refractivity (Wildman–Crippen MR) is 243 cm³/mol. The molecule has 271 valence electrons. The van der Waals surface area contributed by atoms with Gasteiger partial charge in [-0.2, -0.15) is 0 Å². The molecule has 3 aromatic heterocycles. The molecule has 4 heterocycles. The van der Waals surface area contributed by atoms with Gasteiger partial charge in [0, 0.05) is 75.9 Å². The fourth-order valence-electron chi connectivity index (χ4n) is 9.07. The number of aromatic nitrogens is 1. The minimum atomic E-state index is -0.0210. The van der Waals surface area contributed by atoms with Gasteiger partial charge in [0.2, 0.25) is 0 Å². The van der Waals surface area contributed by atoms with E-state index in [0.29, 0.717) is 0 Å². The lowest BCUT2D eigenvalue weighted by Crippen LogP contribution is -2.37. The Bertz CT molecular complexity index is 3270. The molecule has 1 aliphatic heterocycles. The summed E-state index contributed by atoms with van der Waals surface area (Å²) in [7, 11) is 2.46. The third-order valence-electron chi connectivity index (χ3n) is 12.0. The number of hydrogen-bond donors (Lipinski definition) is 1. The monoisotopic (exact) mass is 741 g/mol. The van der Waals surface area contributed by atoms with Crippen LogP contribution in [0.3, 0.4) is 0 Å². The molecule has 3 nitrogen and oxygen atoms in total. The van der Waals surface area contributed by atoms with E-state index < -0.39 is 0 Å². The molecule has 56 heavy (non-hydrogen) atoms. The van der Waals surface area contributed by atoms with E-state index >= 15 is 0 Å². The second kappa shape index (κ2) is 11.6. The Kier molecular flexibility index (Phi) is 6.97. The standard InChI is InChI=1S/C51H42BN2OS/c1-28-22-37(34-23-30(51(5,6)7)18-21-40(34)53-31-19-16-29(17-20-31)50(2,3)4)48-49-47(28)38-24-35-32-12-8-10-14-43(32)55-44(35)27-41(38)54(49)42-25-36-33-13-9-11-15-45(33)56-46(36)26-39(42)52-48/h8-27,53H,1-7H3. The number of benzene rings is 7. The van der Waals surface area contributed by atoms with Gasteiger partial charge in [-0.3, -0.25) is 0 Å². The van der Waals surface area contributed by atoms with Gasteiger partial charge >= 0.3 is 0 Å². The van der Waals surface area contributed by atoms with E-state index in [1.165, 1.54) is 86.4 Å². The van der Waals surface area contributed by atoms with E-state index in [4.69, 9.17) is 4.42 Å². The van der Waals surface area contributed by atoms with Crippen LogP contribution in [0.4, 0.5) is 11.4 Å². The zero-order valence-electron chi connectivity index (χ0n) is 32.9. The summed E-state index contributed by atoms with van der Waals surface area (Å²) >= 11 is 1.88. The maximum Gasteiger partial charge on any atom is 0.197 e. The Labute approximate surface area is 331 Å². The van der Waals surface area contributed by atoms with Crippen molar-refractivity contribution >= 4 is 105 Å². The molecule has 0 aliphatic carbocycles. The highest BCUT2D eigenvalue weighted by atomic mass is 32.1. The van der Waals surface area contributed by atoms with Crippen LogP contribution in [0.5, 0.6) is 0 Å². The van der Waals surface area contributed by atoms with E-state index in [9.17, 15) is 0 Å². The van der Waals surface area contributed by atoms with Crippen molar-refractivity contribution in [3.8, 4) is 16.8 Å². The van der Waals surface area contributed by atoms with Crippen LogP contribution in [-0.2, 0) is 10.8 Å². The Morgan fingerprint density at radius 1 is 0.607 bits per heavy atom. The molecule has 10 aromatic rings. The van der Waals surface area contributed by atoms with Gasteiger partial charge in [-0.1, -0.05) is 108 Å². The van der Waals surface area contributed by atoms with Gasteiger partial charge in [-0.25, -0.2) is 0 Å². The molecule has 0 spiro atoms. The van der Waals surface area contributed by atoms with Gasteiger partial charge in [0.05, 0.1) is 5.52 Å². The molecule has 0 atom stereocenters. The molecule has 0 amide bonds. The molecule has 7 aromatic carbocycles. The van der Waals surface area contributed by atoms with Gasteiger partial charge in [0.1, 0.15) is 11.2 Å². The highest BCUT2D eigenvalue weighted by molar-refractivity contribution is 7.26. The average molecular weight is 742 g/mol. The van der Waals surface area contributed by atoms with Crippen molar-refractivity contribution in [1.82, 2.24) is 4.57 Å². The van der Waals surface area contributed by atoms with Crippen LogP contribution in [0.1, 0.15) is 58.2 Å². The number of anilines is 2. The van der Waals surface area contributed by atoms with Crippen molar-refractivity contribution < 1.29 is 4.42 Å². The number of para-hydroxylation sites is 1. The minimum absolute atomic E-state index is 0.0210. The summed E-state index contributed by atoms with van der Waals surface area (Å²) in [6, 6.07) is 45.1. The normalized spacial score (nSPS) is 13.1. The topological polar surface area (TPSA) is 30.1 Å². The summed E-state index contributed by atoms with van der Waals surface area (Å²) in [5.41, 5.74) is 16.5. The number of fused-ring (bicyclic) bond motifs is 11. The Balaban J connectivity index is 1.22. The van der Waals surface area contributed by atoms with Gasteiger partial charge in [0.25, 0.3) is 0 Å². The van der Waals surface area contributed by atoms with Gasteiger partial charge in [-0.15, -0.1) is 11.3 Å². The molecule has 0 unspecified atom stereocenters. The maximum absolute atomic E-state index is 6.55. The zero-order chi connectivity index (χ0) is 38.2. The fraction of sp³-hybridized carbons (Fsp3) is 0.176. The quantitative estimate of drug-likeness (QED) is 0.183. The van der Waals surface area contributed by atoms with Crippen LogP contribution in [0, 0.1) is 6.92 Å². The first-order valence-corrected chi connectivity index (χ1v) is 20.5. The number of aryl methyl sites for hydroxylation is 1. The summed E-state index contributed by atoms with van der Waals surface area (Å²) in [5, 5.41) is 11.3. The van der Waals surface area contributed by atoms with Crippen LogP contribution in [0.15, 0.2) is 126 Å². The molecular formula is C51H42BN2OS. The largest absolute Gasteiger partial charge is 0.456 e. The first kappa shape index (κ1) is 33.6. The smallest absolute Gasteiger partial charge is 0.197 e. The number of hydrogen-bond acceptors (Lipinski definition) is 3. The van der Waals surface area contributed by atoms with Crippen molar-refractivity contribution in [1.29, 1.82) is 0 Å². The van der Waals surface area contributed by atoms with Gasteiger partial charge in [-0.05, 0) is 100 Å². The molecule has 0 saturated heterocycles. The summed E-state index contributed by atoms with van der Waals surface area (Å²) < 4.78 is 11.7. The summed E-state index contributed by atoms with van der Waals surface area (Å²) in [5.74, 6) is 0. The Morgan fingerprint density at radius 3 is 2.12 bits per heavy atom. The lowest BCUT2D eigenvalue weighted by Gasteiger charge is -2.26. The molecule has 0 bridgehead atoms. The van der Waals surface area contributed by atoms with Gasteiger partial charge < -0.3 is 14.3 Å². The predicted octanol–water partition coefficient (Wildman–Crippen LogP) is 13.3. The molecule has 0 fully saturated rings.